The molecule has 3 heterocycles. The minimum absolute atomic E-state index is 0.674. The number of hydrogen-bond acceptors (Lipinski definition) is 5. The summed E-state index contributed by atoms with van der Waals surface area (Å²) in [6.07, 6.45) is 4.65. The fourth-order valence-corrected chi connectivity index (χ4v) is 3.11. The summed E-state index contributed by atoms with van der Waals surface area (Å²) in [6.45, 7) is 7.04. The van der Waals surface area contributed by atoms with Crippen LogP contribution in [0.5, 0.6) is 0 Å². The van der Waals surface area contributed by atoms with Gasteiger partial charge in [0.1, 0.15) is 10.7 Å². The molecule has 0 saturated carbocycles. The van der Waals surface area contributed by atoms with Crippen LogP contribution in [0, 0.1) is 6.92 Å². The maximum absolute atomic E-state index is 4.66. The Balaban J connectivity index is 2.26. The lowest BCUT2D eigenvalue weighted by atomic mass is 10.3. The molecule has 3 aromatic rings. The molecular formula is C14H17N5S. The van der Waals surface area contributed by atoms with Crippen molar-refractivity contribution in [1.82, 2.24) is 19.5 Å². The Morgan fingerprint density at radius 3 is 2.90 bits per heavy atom. The number of nitrogens with one attached hydrogen (secondary N) is 1. The molecule has 0 atom stereocenters. The van der Waals surface area contributed by atoms with Crippen molar-refractivity contribution in [3.8, 4) is 5.82 Å². The molecule has 0 aliphatic heterocycles. The van der Waals surface area contributed by atoms with Crippen molar-refractivity contribution in [3.05, 3.63) is 29.2 Å². The molecule has 0 aliphatic rings. The third-order valence-corrected chi connectivity index (χ3v) is 4.04. The van der Waals surface area contributed by atoms with Gasteiger partial charge in [0.2, 0.25) is 5.95 Å². The van der Waals surface area contributed by atoms with Crippen LogP contribution in [0.15, 0.2) is 18.5 Å². The van der Waals surface area contributed by atoms with Gasteiger partial charge in [-0.15, -0.1) is 11.3 Å². The molecule has 0 unspecified atom stereocenters. The number of thiophene rings is 1. The van der Waals surface area contributed by atoms with E-state index in [0.717, 1.165) is 34.8 Å². The molecule has 0 amide bonds. The molecule has 0 fully saturated rings. The number of fused-ring (bicyclic) bond motifs is 1. The molecule has 3 aromatic heterocycles. The van der Waals surface area contributed by atoms with Gasteiger partial charge in [-0.25, -0.2) is 9.97 Å². The molecule has 5 nitrogen and oxygen atoms in total. The average molecular weight is 287 g/mol. The molecule has 20 heavy (non-hydrogen) atoms. The second-order valence-corrected chi connectivity index (χ2v) is 5.78. The Bertz CT molecular complexity index is 743. The molecular weight excluding hydrogens is 270 g/mol. The first-order chi connectivity index (χ1) is 9.72. The van der Waals surface area contributed by atoms with E-state index in [-0.39, 0.29) is 0 Å². The number of nitrogens with zero attached hydrogens (tertiary/aromatic N) is 4. The van der Waals surface area contributed by atoms with E-state index in [1.165, 1.54) is 4.88 Å². The zero-order chi connectivity index (χ0) is 14.1. The average Bonchev–Trinajstić information content (AvgIpc) is 3.03. The van der Waals surface area contributed by atoms with Crippen molar-refractivity contribution in [1.29, 1.82) is 0 Å². The lowest BCUT2D eigenvalue weighted by Crippen LogP contribution is -2.07. The third-order valence-electron chi connectivity index (χ3n) is 3.09. The van der Waals surface area contributed by atoms with Crippen LogP contribution in [0.1, 0.15) is 24.5 Å². The van der Waals surface area contributed by atoms with Crippen LogP contribution in [0.4, 0.5) is 5.95 Å². The molecule has 1 N–H and O–H groups in total. The number of anilines is 1. The smallest absolute Gasteiger partial charge is 0.226 e. The van der Waals surface area contributed by atoms with Gasteiger partial charge in [0.05, 0.1) is 5.39 Å². The van der Waals surface area contributed by atoms with Crippen LogP contribution in [0.2, 0.25) is 0 Å². The van der Waals surface area contributed by atoms with Gasteiger partial charge in [0, 0.05) is 30.2 Å². The van der Waals surface area contributed by atoms with E-state index in [0.29, 0.717) is 5.95 Å². The lowest BCUT2D eigenvalue weighted by Gasteiger charge is -2.09. The fraction of sp³-hybridized carbons (Fsp3) is 0.357. The van der Waals surface area contributed by atoms with E-state index in [1.54, 1.807) is 11.3 Å². The molecule has 0 aliphatic carbocycles. The van der Waals surface area contributed by atoms with Crippen molar-refractivity contribution >= 4 is 27.5 Å². The molecule has 0 spiro atoms. The van der Waals surface area contributed by atoms with Crippen molar-refractivity contribution < 1.29 is 0 Å². The number of imidazole rings is 1. The maximum atomic E-state index is 4.66. The summed E-state index contributed by atoms with van der Waals surface area (Å²) in [4.78, 5) is 15.9. The highest BCUT2D eigenvalue weighted by molar-refractivity contribution is 7.18. The SMILES string of the molecule is CCNc1nc(-n2ccnc2CC)c2cc(C)sc2n1. The Kier molecular flexibility index (Phi) is 3.40. The van der Waals surface area contributed by atoms with Crippen LogP contribution in [-0.2, 0) is 6.42 Å². The Morgan fingerprint density at radius 2 is 2.15 bits per heavy atom. The van der Waals surface area contributed by atoms with Gasteiger partial charge in [0.25, 0.3) is 0 Å². The van der Waals surface area contributed by atoms with Crippen molar-refractivity contribution in [3.63, 3.8) is 0 Å². The fourth-order valence-electron chi connectivity index (χ4n) is 2.24. The van der Waals surface area contributed by atoms with E-state index in [1.807, 2.05) is 19.3 Å². The number of rotatable bonds is 4. The summed E-state index contributed by atoms with van der Waals surface area (Å²) in [5, 5.41) is 4.28. The third kappa shape index (κ3) is 2.16. The Hall–Kier alpha value is -1.95. The van der Waals surface area contributed by atoms with Crippen LogP contribution in [0.25, 0.3) is 16.0 Å². The van der Waals surface area contributed by atoms with Gasteiger partial charge in [-0.1, -0.05) is 6.92 Å². The summed E-state index contributed by atoms with van der Waals surface area (Å²) >= 11 is 1.69. The molecule has 6 heteroatoms. The molecule has 0 saturated heterocycles. The van der Waals surface area contributed by atoms with E-state index < -0.39 is 0 Å². The zero-order valence-electron chi connectivity index (χ0n) is 11.8. The Labute approximate surface area is 121 Å². The predicted octanol–water partition coefficient (Wildman–Crippen LogP) is 3.18. The maximum Gasteiger partial charge on any atom is 0.226 e. The number of hydrogen-bond donors (Lipinski definition) is 1. The largest absolute Gasteiger partial charge is 0.354 e. The highest BCUT2D eigenvalue weighted by Crippen LogP contribution is 2.29. The summed E-state index contributed by atoms with van der Waals surface area (Å²) in [7, 11) is 0. The van der Waals surface area contributed by atoms with Gasteiger partial charge in [0.15, 0.2) is 5.82 Å². The van der Waals surface area contributed by atoms with Crippen LogP contribution in [0.3, 0.4) is 0 Å². The van der Waals surface area contributed by atoms with E-state index in [2.05, 4.69) is 44.7 Å². The van der Waals surface area contributed by atoms with Gasteiger partial charge >= 0.3 is 0 Å². The summed E-state index contributed by atoms with van der Waals surface area (Å²) in [5.74, 6) is 2.59. The number of aromatic nitrogens is 4. The van der Waals surface area contributed by atoms with Crippen molar-refractivity contribution in [2.24, 2.45) is 0 Å². The van der Waals surface area contributed by atoms with E-state index in [4.69, 9.17) is 0 Å². The van der Waals surface area contributed by atoms with Crippen LogP contribution >= 0.6 is 11.3 Å². The van der Waals surface area contributed by atoms with Crippen LogP contribution in [-0.4, -0.2) is 26.1 Å². The highest BCUT2D eigenvalue weighted by Gasteiger charge is 2.14. The summed E-state index contributed by atoms with van der Waals surface area (Å²) in [5.41, 5.74) is 0. The molecule has 0 radical (unpaired) electrons. The molecule has 0 bridgehead atoms. The first-order valence-electron chi connectivity index (χ1n) is 6.77. The molecule has 0 aromatic carbocycles. The zero-order valence-corrected chi connectivity index (χ0v) is 12.7. The normalized spacial score (nSPS) is 11.2. The van der Waals surface area contributed by atoms with Gasteiger partial charge in [-0.2, -0.15) is 4.98 Å². The second kappa shape index (κ2) is 5.20. The minimum atomic E-state index is 0.674. The first-order valence-corrected chi connectivity index (χ1v) is 7.59. The molecule has 104 valence electrons. The topological polar surface area (TPSA) is 55.6 Å². The van der Waals surface area contributed by atoms with Crippen molar-refractivity contribution in [2.75, 3.05) is 11.9 Å². The monoisotopic (exact) mass is 287 g/mol. The van der Waals surface area contributed by atoms with Gasteiger partial charge in [-0.05, 0) is 19.9 Å². The standard InChI is InChI=1S/C14H17N5S/c1-4-11-16-6-7-19(11)12-10-8-9(3)20-13(10)18-14(17-12)15-5-2/h6-8H,4-5H2,1-3H3,(H,15,17,18). The van der Waals surface area contributed by atoms with Crippen molar-refractivity contribution in [2.45, 2.75) is 27.2 Å². The minimum Gasteiger partial charge on any atom is -0.354 e. The van der Waals surface area contributed by atoms with Gasteiger partial charge < -0.3 is 5.32 Å². The second-order valence-electron chi connectivity index (χ2n) is 4.54. The summed E-state index contributed by atoms with van der Waals surface area (Å²) in [6, 6.07) is 2.14. The van der Waals surface area contributed by atoms with Crippen LogP contribution < -0.4 is 5.32 Å². The summed E-state index contributed by atoms with van der Waals surface area (Å²) < 4.78 is 2.05. The molecule has 3 rings (SSSR count). The van der Waals surface area contributed by atoms with Gasteiger partial charge in [-0.3, -0.25) is 4.57 Å². The van der Waals surface area contributed by atoms with E-state index >= 15 is 0 Å². The highest BCUT2D eigenvalue weighted by atomic mass is 32.1. The lowest BCUT2D eigenvalue weighted by molar-refractivity contribution is 0.870. The van der Waals surface area contributed by atoms with E-state index in [9.17, 15) is 0 Å². The Morgan fingerprint density at radius 1 is 1.30 bits per heavy atom. The first kappa shape index (κ1) is 13.1. The number of aryl methyl sites for hydroxylation is 2. The predicted molar refractivity (Wildman–Crippen MR) is 82.8 cm³/mol. The quantitative estimate of drug-likeness (QED) is 0.800.